The Morgan fingerprint density at radius 1 is 1.75 bits per heavy atom. The number of hydrogen-bond acceptors (Lipinski definition) is 2. The van der Waals surface area contributed by atoms with Crippen molar-refractivity contribution in [1.82, 2.24) is 5.48 Å². The highest BCUT2D eigenvalue weighted by Crippen LogP contribution is 2.02. The van der Waals surface area contributed by atoms with Crippen LogP contribution in [0.1, 0.15) is 6.42 Å². The van der Waals surface area contributed by atoms with E-state index in [1.54, 1.807) is 6.26 Å². The third-order valence-electron chi connectivity index (χ3n) is 1.02. The molecule has 0 spiro atoms. The molecule has 1 aliphatic rings. The van der Waals surface area contributed by atoms with Gasteiger partial charge in [-0.3, -0.25) is 0 Å². The Balaban J connectivity index is 2.16. The molecular formula is C5H8INO. The van der Waals surface area contributed by atoms with Crippen LogP contribution in [0.4, 0.5) is 0 Å². The van der Waals surface area contributed by atoms with E-state index in [4.69, 9.17) is 4.84 Å². The number of rotatable bonds is 2. The van der Waals surface area contributed by atoms with Gasteiger partial charge in [-0.2, -0.15) is 5.48 Å². The number of halogens is 1. The second-order valence-corrected chi connectivity index (χ2v) is 2.73. The molecule has 0 saturated carbocycles. The van der Waals surface area contributed by atoms with E-state index in [0.29, 0.717) is 6.04 Å². The highest BCUT2D eigenvalue weighted by atomic mass is 127. The number of hydrogen-bond donors (Lipinski definition) is 1. The summed E-state index contributed by atoms with van der Waals surface area (Å²) in [4.78, 5) is 4.78. The predicted molar refractivity (Wildman–Crippen MR) is 40.7 cm³/mol. The van der Waals surface area contributed by atoms with Crippen molar-refractivity contribution in [2.75, 3.05) is 4.43 Å². The number of nitrogens with one attached hydrogen (secondary N) is 1. The molecule has 1 heterocycles. The molecule has 1 atom stereocenters. The molecule has 1 unspecified atom stereocenters. The van der Waals surface area contributed by atoms with Gasteiger partial charge in [0, 0.05) is 4.43 Å². The van der Waals surface area contributed by atoms with Gasteiger partial charge in [0.25, 0.3) is 0 Å². The molecule has 0 aromatic carbocycles. The van der Waals surface area contributed by atoms with Crippen LogP contribution in [-0.4, -0.2) is 10.5 Å². The summed E-state index contributed by atoms with van der Waals surface area (Å²) in [6.45, 7) is 0. The highest BCUT2D eigenvalue weighted by Gasteiger charge is 2.06. The second kappa shape index (κ2) is 3.29. The first kappa shape index (κ1) is 6.35. The topological polar surface area (TPSA) is 21.3 Å². The van der Waals surface area contributed by atoms with Crippen molar-refractivity contribution in [2.45, 2.75) is 12.5 Å². The minimum absolute atomic E-state index is 0.451. The maximum atomic E-state index is 4.78. The van der Waals surface area contributed by atoms with Crippen molar-refractivity contribution in [1.29, 1.82) is 0 Å². The van der Waals surface area contributed by atoms with Crippen LogP contribution in [-0.2, 0) is 4.84 Å². The number of hydroxylamine groups is 1. The second-order valence-electron chi connectivity index (χ2n) is 1.65. The van der Waals surface area contributed by atoms with Gasteiger partial charge >= 0.3 is 0 Å². The van der Waals surface area contributed by atoms with E-state index in [2.05, 4.69) is 28.1 Å². The molecule has 0 bridgehead atoms. The largest absolute Gasteiger partial charge is 0.416 e. The molecule has 8 heavy (non-hydrogen) atoms. The third-order valence-corrected chi connectivity index (χ3v) is 1.64. The molecule has 46 valence electrons. The molecule has 3 heteroatoms. The summed E-state index contributed by atoms with van der Waals surface area (Å²) in [6, 6.07) is 0.451. The van der Waals surface area contributed by atoms with Crippen LogP contribution in [0.15, 0.2) is 12.3 Å². The molecule has 0 amide bonds. The molecule has 0 saturated heterocycles. The van der Waals surface area contributed by atoms with E-state index < -0.39 is 0 Å². The average Bonchev–Trinajstić information content (AvgIpc) is 2.19. The van der Waals surface area contributed by atoms with Gasteiger partial charge in [-0.15, -0.1) is 0 Å². The van der Waals surface area contributed by atoms with Gasteiger partial charge in [0.15, 0.2) is 0 Å². The Hall–Kier alpha value is 0.230. The summed E-state index contributed by atoms with van der Waals surface area (Å²) in [7, 11) is 0. The molecule has 1 rings (SSSR count). The van der Waals surface area contributed by atoms with Crippen molar-refractivity contribution in [3.8, 4) is 0 Å². The molecule has 0 aromatic heterocycles. The average molecular weight is 225 g/mol. The Morgan fingerprint density at radius 3 is 3.12 bits per heavy atom. The molecule has 0 aromatic rings. The van der Waals surface area contributed by atoms with Crippen molar-refractivity contribution >= 4 is 22.6 Å². The van der Waals surface area contributed by atoms with Crippen molar-refractivity contribution in [3.63, 3.8) is 0 Å². The zero-order chi connectivity index (χ0) is 5.82. The molecular weight excluding hydrogens is 217 g/mol. The minimum atomic E-state index is 0.451. The van der Waals surface area contributed by atoms with E-state index in [1.165, 1.54) is 4.43 Å². The summed E-state index contributed by atoms with van der Waals surface area (Å²) in [5, 5.41) is 0. The molecule has 0 radical (unpaired) electrons. The van der Waals surface area contributed by atoms with Crippen molar-refractivity contribution < 1.29 is 4.84 Å². The number of alkyl halides is 1. The summed E-state index contributed by atoms with van der Waals surface area (Å²) < 4.78 is 1.17. The van der Waals surface area contributed by atoms with Crippen LogP contribution < -0.4 is 5.48 Å². The lowest BCUT2D eigenvalue weighted by Gasteiger charge is -2.02. The van der Waals surface area contributed by atoms with Gasteiger partial charge in [-0.05, 0) is 12.5 Å². The lowest BCUT2D eigenvalue weighted by atomic mass is 10.2. The Kier molecular flexibility index (Phi) is 2.62. The maximum absolute atomic E-state index is 4.78. The molecule has 1 N–H and O–H groups in total. The zero-order valence-electron chi connectivity index (χ0n) is 4.43. The van der Waals surface area contributed by atoms with E-state index >= 15 is 0 Å². The zero-order valence-corrected chi connectivity index (χ0v) is 6.59. The fraction of sp³-hybridized carbons (Fsp3) is 0.600. The Labute approximate surface area is 62.4 Å². The minimum Gasteiger partial charge on any atom is -0.416 e. The Bertz CT molecular complexity index is 94.4. The molecule has 0 aliphatic carbocycles. The normalized spacial score (nSPS) is 25.9. The van der Waals surface area contributed by atoms with Gasteiger partial charge in [-0.1, -0.05) is 22.6 Å². The predicted octanol–water partition coefficient (Wildman–Crippen LogP) is 1.23. The van der Waals surface area contributed by atoms with Gasteiger partial charge < -0.3 is 4.84 Å². The first-order valence-corrected chi connectivity index (χ1v) is 4.10. The molecule has 0 fully saturated rings. The fourth-order valence-electron chi connectivity index (χ4n) is 0.573. The lowest BCUT2D eigenvalue weighted by molar-refractivity contribution is 0.141. The highest BCUT2D eigenvalue weighted by molar-refractivity contribution is 14.1. The molecule has 2 nitrogen and oxygen atoms in total. The SMILES string of the molecule is ICCC1C=CON1. The van der Waals surface area contributed by atoms with Crippen molar-refractivity contribution in [3.05, 3.63) is 12.3 Å². The first-order chi connectivity index (χ1) is 3.93. The maximum Gasteiger partial charge on any atom is 0.109 e. The van der Waals surface area contributed by atoms with Crippen LogP contribution in [0.5, 0.6) is 0 Å². The third kappa shape index (κ3) is 1.63. The van der Waals surface area contributed by atoms with Crippen molar-refractivity contribution in [2.24, 2.45) is 0 Å². The van der Waals surface area contributed by atoms with Gasteiger partial charge in [0.2, 0.25) is 0 Å². The van der Waals surface area contributed by atoms with Crippen LogP contribution in [0, 0.1) is 0 Å². The Morgan fingerprint density at radius 2 is 2.62 bits per heavy atom. The van der Waals surface area contributed by atoms with Crippen LogP contribution in [0.3, 0.4) is 0 Å². The first-order valence-electron chi connectivity index (χ1n) is 2.57. The summed E-state index contributed by atoms with van der Waals surface area (Å²) >= 11 is 2.35. The van der Waals surface area contributed by atoms with E-state index in [1.807, 2.05) is 6.08 Å². The van der Waals surface area contributed by atoms with Crippen LogP contribution in [0.2, 0.25) is 0 Å². The summed E-state index contributed by atoms with van der Waals surface area (Å²) in [5.41, 5.74) is 2.84. The summed E-state index contributed by atoms with van der Waals surface area (Å²) in [6.07, 6.45) is 4.87. The van der Waals surface area contributed by atoms with Gasteiger partial charge in [-0.25, -0.2) is 0 Å². The van der Waals surface area contributed by atoms with Gasteiger partial charge in [0.05, 0.1) is 6.04 Å². The van der Waals surface area contributed by atoms with E-state index in [9.17, 15) is 0 Å². The monoisotopic (exact) mass is 225 g/mol. The lowest BCUT2D eigenvalue weighted by Crippen LogP contribution is -2.20. The van der Waals surface area contributed by atoms with Crippen LogP contribution >= 0.6 is 22.6 Å². The van der Waals surface area contributed by atoms with Gasteiger partial charge in [0.1, 0.15) is 6.26 Å². The fourth-order valence-corrected chi connectivity index (χ4v) is 1.24. The van der Waals surface area contributed by atoms with E-state index in [0.717, 1.165) is 6.42 Å². The quantitative estimate of drug-likeness (QED) is 0.563. The standard InChI is InChI=1S/C5H8INO/c6-3-1-5-2-4-8-7-5/h2,4-5,7H,1,3H2. The molecule has 1 aliphatic heterocycles. The van der Waals surface area contributed by atoms with Crippen LogP contribution in [0.25, 0.3) is 0 Å². The van der Waals surface area contributed by atoms with E-state index in [-0.39, 0.29) is 0 Å². The smallest absolute Gasteiger partial charge is 0.109 e. The summed E-state index contributed by atoms with van der Waals surface area (Å²) in [5.74, 6) is 0.